The molecule has 0 fully saturated rings. The van der Waals surface area contributed by atoms with Crippen LogP contribution < -0.4 is 16.8 Å². The number of aliphatic hydroxyl groups excluding tert-OH is 1. The summed E-state index contributed by atoms with van der Waals surface area (Å²) in [4.78, 5) is 0. The van der Waals surface area contributed by atoms with Crippen molar-refractivity contribution in [1.29, 1.82) is 0 Å². The van der Waals surface area contributed by atoms with Crippen molar-refractivity contribution < 1.29 is 5.11 Å². The van der Waals surface area contributed by atoms with E-state index in [1.807, 2.05) is 0 Å². The summed E-state index contributed by atoms with van der Waals surface area (Å²) in [5, 5.41) is 12.1. The third kappa shape index (κ3) is 5.97. The molecular weight excluding hydrogens is 130 g/mol. The van der Waals surface area contributed by atoms with E-state index in [0.29, 0.717) is 26.1 Å². The molecule has 1 unspecified atom stereocenters. The van der Waals surface area contributed by atoms with E-state index in [4.69, 9.17) is 16.6 Å². The molecule has 0 spiro atoms. The molecule has 0 aliphatic carbocycles. The van der Waals surface area contributed by atoms with Gasteiger partial charge in [0.15, 0.2) is 0 Å². The average molecular weight is 147 g/mol. The summed E-state index contributed by atoms with van der Waals surface area (Å²) in [6.45, 7) is 2.48. The Morgan fingerprint density at radius 1 is 1.30 bits per heavy atom. The Kier molecular flexibility index (Phi) is 6.84. The number of nitrogens with one attached hydrogen (secondary N) is 1. The summed E-state index contributed by atoms with van der Waals surface area (Å²) in [5.74, 6) is 0. The number of nitrogens with two attached hydrogens (primary N) is 2. The second-order valence-corrected chi connectivity index (χ2v) is 2.22. The van der Waals surface area contributed by atoms with Crippen LogP contribution in [0.15, 0.2) is 0 Å². The lowest BCUT2D eigenvalue weighted by Crippen LogP contribution is -2.31. The smallest absolute Gasteiger partial charge is 0.0676 e. The molecule has 0 bridgehead atoms. The van der Waals surface area contributed by atoms with Gasteiger partial charge in [-0.1, -0.05) is 0 Å². The van der Waals surface area contributed by atoms with Gasteiger partial charge in [0, 0.05) is 19.6 Å². The van der Waals surface area contributed by atoms with E-state index in [1.165, 1.54) is 0 Å². The van der Waals surface area contributed by atoms with Crippen LogP contribution >= 0.6 is 0 Å². The first kappa shape index (κ1) is 9.84. The Bertz CT molecular complexity index is 70.0. The van der Waals surface area contributed by atoms with Gasteiger partial charge in [-0.2, -0.15) is 0 Å². The van der Waals surface area contributed by atoms with E-state index in [2.05, 4.69) is 5.32 Å². The van der Waals surface area contributed by atoms with Crippen LogP contribution in [0.5, 0.6) is 0 Å². The molecule has 0 aliphatic rings. The van der Waals surface area contributed by atoms with E-state index < -0.39 is 0 Å². The van der Waals surface area contributed by atoms with E-state index in [0.717, 1.165) is 6.54 Å². The van der Waals surface area contributed by atoms with Crippen molar-refractivity contribution in [3.05, 3.63) is 0 Å². The zero-order chi connectivity index (χ0) is 7.82. The van der Waals surface area contributed by atoms with Crippen LogP contribution in [0.4, 0.5) is 0 Å². The van der Waals surface area contributed by atoms with Crippen LogP contribution in [0.1, 0.15) is 6.42 Å². The minimum Gasteiger partial charge on any atom is -0.392 e. The largest absolute Gasteiger partial charge is 0.392 e. The maximum Gasteiger partial charge on any atom is 0.0676 e. The van der Waals surface area contributed by atoms with E-state index in [1.54, 1.807) is 0 Å². The fourth-order valence-corrected chi connectivity index (χ4v) is 0.665. The van der Waals surface area contributed by atoms with Crippen molar-refractivity contribution in [3.8, 4) is 0 Å². The van der Waals surface area contributed by atoms with Gasteiger partial charge in [-0.25, -0.2) is 0 Å². The molecule has 0 saturated heterocycles. The van der Waals surface area contributed by atoms with Gasteiger partial charge in [-0.3, -0.25) is 0 Å². The molecule has 1 atom stereocenters. The van der Waals surface area contributed by atoms with Crippen LogP contribution in [0.3, 0.4) is 0 Å². The van der Waals surface area contributed by atoms with Gasteiger partial charge in [0.05, 0.1) is 6.10 Å². The van der Waals surface area contributed by atoms with Gasteiger partial charge in [0.2, 0.25) is 0 Å². The van der Waals surface area contributed by atoms with Gasteiger partial charge >= 0.3 is 0 Å². The molecule has 0 aromatic carbocycles. The SMILES string of the molecule is NCCNCC(O)CCN. The van der Waals surface area contributed by atoms with Gasteiger partial charge in [0.1, 0.15) is 0 Å². The van der Waals surface area contributed by atoms with Crippen molar-refractivity contribution >= 4 is 0 Å². The molecule has 0 saturated carbocycles. The van der Waals surface area contributed by atoms with Crippen LogP contribution in [0, 0.1) is 0 Å². The van der Waals surface area contributed by atoms with E-state index in [9.17, 15) is 0 Å². The zero-order valence-corrected chi connectivity index (χ0v) is 6.21. The number of rotatable bonds is 6. The van der Waals surface area contributed by atoms with Gasteiger partial charge < -0.3 is 21.9 Å². The highest BCUT2D eigenvalue weighted by molar-refractivity contribution is 4.59. The Hall–Kier alpha value is -0.160. The molecular formula is C6H17N3O. The van der Waals surface area contributed by atoms with Gasteiger partial charge in [0.25, 0.3) is 0 Å². The van der Waals surface area contributed by atoms with Crippen LogP contribution in [-0.4, -0.2) is 37.4 Å². The summed E-state index contributed by atoms with van der Waals surface area (Å²) in [6.07, 6.45) is 0.328. The molecule has 0 aromatic heterocycles. The lowest BCUT2D eigenvalue weighted by Gasteiger charge is -2.08. The predicted octanol–water partition coefficient (Wildman–Crippen LogP) is -1.76. The van der Waals surface area contributed by atoms with Crippen molar-refractivity contribution in [3.63, 3.8) is 0 Å². The summed E-state index contributed by atoms with van der Waals surface area (Å²) >= 11 is 0. The van der Waals surface area contributed by atoms with Crippen molar-refractivity contribution in [1.82, 2.24) is 5.32 Å². The second-order valence-electron chi connectivity index (χ2n) is 2.22. The maximum absolute atomic E-state index is 9.09. The van der Waals surface area contributed by atoms with Crippen molar-refractivity contribution in [2.45, 2.75) is 12.5 Å². The Morgan fingerprint density at radius 2 is 2.00 bits per heavy atom. The first-order valence-electron chi connectivity index (χ1n) is 3.60. The average Bonchev–Trinajstić information content (AvgIpc) is 1.89. The second kappa shape index (κ2) is 6.95. The monoisotopic (exact) mass is 147 g/mol. The highest BCUT2D eigenvalue weighted by atomic mass is 16.3. The third-order valence-electron chi connectivity index (χ3n) is 1.20. The highest BCUT2D eigenvalue weighted by Gasteiger charge is 1.99. The topological polar surface area (TPSA) is 84.3 Å². The summed E-state index contributed by atoms with van der Waals surface area (Å²) in [7, 11) is 0. The molecule has 0 rings (SSSR count). The Balaban J connectivity index is 2.97. The Morgan fingerprint density at radius 3 is 2.50 bits per heavy atom. The minimum absolute atomic E-state index is 0.323. The molecule has 62 valence electrons. The normalized spacial score (nSPS) is 13.5. The van der Waals surface area contributed by atoms with Crippen LogP contribution in [0.2, 0.25) is 0 Å². The van der Waals surface area contributed by atoms with Crippen molar-refractivity contribution in [2.75, 3.05) is 26.2 Å². The lowest BCUT2D eigenvalue weighted by atomic mass is 10.2. The quantitative estimate of drug-likeness (QED) is 0.335. The molecule has 0 amide bonds. The van der Waals surface area contributed by atoms with Crippen LogP contribution in [0.25, 0.3) is 0 Å². The van der Waals surface area contributed by atoms with E-state index >= 15 is 0 Å². The third-order valence-corrected chi connectivity index (χ3v) is 1.20. The van der Waals surface area contributed by atoms with E-state index in [-0.39, 0.29) is 6.10 Å². The lowest BCUT2D eigenvalue weighted by molar-refractivity contribution is 0.165. The molecule has 0 radical (unpaired) electrons. The fourth-order valence-electron chi connectivity index (χ4n) is 0.665. The minimum atomic E-state index is -0.323. The first-order valence-corrected chi connectivity index (χ1v) is 3.60. The molecule has 0 aromatic rings. The molecule has 0 heterocycles. The maximum atomic E-state index is 9.09. The summed E-state index contributed by atoms with van der Waals surface area (Å²) < 4.78 is 0. The Labute approximate surface area is 61.6 Å². The highest BCUT2D eigenvalue weighted by Crippen LogP contribution is 1.84. The summed E-state index contributed by atoms with van der Waals surface area (Å²) in [6, 6.07) is 0. The molecule has 4 nitrogen and oxygen atoms in total. The fraction of sp³-hybridized carbons (Fsp3) is 1.00. The van der Waals surface area contributed by atoms with Gasteiger partial charge in [-0.05, 0) is 13.0 Å². The van der Waals surface area contributed by atoms with Gasteiger partial charge in [-0.15, -0.1) is 0 Å². The number of hydrogen-bond donors (Lipinski definition) is 4. The number of hydrogen-bond acceptors (Lipinski definition) is 4. The van der Waals surface area contributed by atoms with Crippen LogP contribution in [-0.2, 0) is 0 Å². The molecule has 0 aliphatic heterocycles. The van der Waals surface area contributed by atoms with Crippen molar-refractivity contribution in [2.24, 2.45) is 11.5 Å². The zero-order valence-electron chi connectivity index (χ0n) is 6.21. The molecule has 10 heavy (non-hydrogen) atoms. The standard InChI is InChI=1S/C6H17N3O/c7-2-1-6(10)5-9-4-3-8/h6,9-10H,1-5,7-8H2. The predicted molar refractivity (Wildman–Crippen MR) is 41.6 cm³/mol. The summed E-state index contributed by atoms with van der Waals surface area (Å²) in [5.41, 5.74) is 10.4. The first-order chi connectivity index (χ1) is 4.81. The molecule has 6 N–H and O–H groups in total. The number of aliphatic hydroxyl groups is 1. The molecule has 4 heteroatoms.